The van der Waals surface area contributed by atoms with E-state index in [1.165, 1.54) is 12.1 Å². The molecule has 8 heteroatoms. The molecule has 1 aromatic carbocycles. The van der Waals surface area contributed by atoms with Crippen LogP contribution in [0.25, 0.3) is 0 Å². The molecule has 21 heavy (non-hydrogen) atoms. The van der Waals surface area contributed by atoms with Gasteiger partial charge in [0.15, 0.2) is 8.46 Å². The molecule has 1 rings (SSSR count). The molecule has 0 aliphatic carbocycles. The first-order valence-corrected chi connectivity index (χ1v) is 8.99. The maximum atomic E-state index is 12.3. The Bertz CT molecular complexity index is 545. The second-order valence-corrected chi connectivity index (χ2v) is 7.39. The van der Waals surface area contributed by atoms with E-state index in [9.17, 15) is 13.0 Å². The normalized spacial score (nSPS) is 13.6. The van der Waals surface area contributed by atoms with Gasteiger partial charge in [-0.1, -0.05) is 18.2 Å². The molecule has 1 unspecified atom stereocenters. The Morgan fingerprint density at radius 1 is 1.00 bits per heavy atom. The van der Waals surface area contributed by atoms with Crippen LogP contribution in [0.1, 0.15) is 27.7 Å². The van der Waals surface area contributed by atoms with Gasteiger partial charge >= 0.3 is 15.8 Å². The van der Waals surface area contributed by atoms with Gasteiger partial charge in [0.2, 0.25) is 0 Å². The lowest BCUT2D eigenvalue weighted by molar-refractivity contribution is -0.305. The van der Waals surface area contributed by atoms with E-state index < -0.39 is 36.5 Å². The van der Waals surface area contributed by atoms with Crippen molar-refractivity contribution in [2.45, 2.75) is 50.5 Å². The molecule has 1 atom stereocenters. The third-order valence-electron chi connectivity index (χ3n) is 2.20. The van der Waals surface area contributed by atoms with Crippen molar-refractivity contribution < 1.29 is 26.6 Å². The summed E-state index contributed by atoms with van der Waals surface area (Å²) >= 11 is 0. The van der Waals surface area contributed by atoms with E-state index in [4.69, 9.17) is 13.7 Å². The van der Waals surface area contributed by atoms with Crippen LogP contribution in [0.2, 0.25) is 0 Å². The van der Waals surface area contributed by atoms with E-state index in [2.05, 4.69) is 0 Å². The van der Waals surface area contributed by atoms with E-state index in [1.54, 1.807) is 45.9 Å². The first-order chi connectivity index (χ1) is 9.71. The minimum absolute atomic E-state index is 0.0538. The topological polar surface area (TPSA) is 78.9 Å². The third kappa shape index (κ3) is 5.52. The average Bonchev–Trinajstić information content (AvgIpc) is 2.37. The van der Waals surface area contributed by atoms with Crippen LogP contribution in [-0.2, 0) is 28.3 Å². The van der Waals surface area contributed by atoms with Gasteiger partial charge in [-0.2, -0.15) is 12.6 Å². The highest BCUT2D eigenvalue weighted by molar-refractivity contribution is 7.87. The van der Waals surface area contributed by atoms with Crippen molar-refractivity contribution in [3.63, 3.8) is 0 Å². The number of rotatable bonds is 8. The van der Waals surface area contributed by atoms with Gasteiger partial charge in [-0.05, 0) is 39.8 Å². The molecule has 0 saturated heterocycles. The van der Waals surface area contributed by atoms with Crippen LogP contribution in [0, 0.1) is 0 Å². The van der Waals surface area contributed by atoms with E-state index >= 15 is 0 Å². The molecule has 0 spiro atoms. The summed E-state index contributed by atoms with van der Waals surface area (Å²) in [5.41, 5.74) is -2.09. The molecule has 1 aromatic rings. The van der Waals surface area contributed by atoms with Gasteiger partial charge in [-0.15, -0.1) is 0 Å². The summed E-state index contributed by atoms with van der Waals surface area (Å²) in [6.45, 7) is 6.69. The van der Waals surface area contributed by atoms with E-state index in [0.29, 0.717) is 0 Å². The smallest absolute Gasteiger partial charge is 0.321 e. The summed E-state index contributed by atoms with van der Waals surface area (Å²) < 4.78 is 51.8. The number of hydrogen-bond donors (Lipinski definition) is 0. The van der Waals surface area contributed by atoms with Crippen molar-refractivity contribution >= 4 is 18.6 Å². The molecule has 0 saturated carbocycles. The maximum absolute atomic E-state index is 12.3. The predicted molar refractivity (Wildman–Crippen MR) is 80.3 cm³/mol. The van der Waals surface area contributed by atoms with Crippen LogP contribution in [0.5, 0.6) is 0 Å². The number of benzene rings is 1. The Morgan fingerprint density at radius 2 is 1.48 bits per heavy atom. The van der Waals surface area contributed by atoms with E-state index in [1.807, 2.05) is 0 Å². The first kappa shape index (κ1) is 18.3. The molecule has 0 amide bonds. The zero-order valence-corrected chi connectivity index (χ0v) is 14.4. The molecule has 120 valence electrons. The summed E-state index contributed by atoms with van der Waals surface area (Å²) in [7, 11) is -5.96. The fourth-order valence-electron chi connectivity index (χ4n) is 1.59. The van der Waals surface area contributed by atoms with Crippen molar-refractivity contribution in [2.75, 3.05) is 0 Å². The van der Waals surface area contributed by atoms with Crippen LogP contribution < -0.4 is 0 Å². The Hall–Kier alpha value is -0.720. The van der Waals surface area contributed by atoms with Gasteiger partial charge in [0.25, 0.3) is 0 Å². The first-order valence-electron chi connectivity index (χ1n) is 6.53. The highest BCUT2D eigenvalue weighted by Gasteiger charge is 2.41. The Balaban J connectivity index is 3.13. The summed E-state index contributed by atoms with van der Waals surface area (Å²) in [4.78, 5) is -0.0538. The fraction of sp³-hybridized carbons (Fsp3) is 0.538. The standard InChI is InChI=1S/C13H21O6PS/c1-10(2)17-13(20-14,18-11(3)4)19-21(15,16)12-8-6-5-7-9-12/h5-11H,20H2,1-4H3. The van der Waals surface area contributed by atoms with Gasteiger partial charge < -0.3 is 14.0 Å². The van der Waals surface area contributed by atoms with Crippen LogP contribution >= 0.6 is 8.46 Å². The lowest BCUT2D eigenvalue weighted by atomic mass is 10.4. The van der Waals surface area contributed by atoms with Crippen molar-refractivity contribution in [2.24, 2.45) is 0 Å². The Kier molecular flexibility index (Phi) is 6.56. The second kappa shape index (κ2) is 7.51. The van der Waals surface area contributed by atoms with Gasteiger partial charge in [0, 0.05) is 0 Å². The molecule has 0 radical (unpaired) electrons. The van der Waals surface area contributed by atoms with Gasteiger partial charge in [-0.3, -0.25) is 0 Å². The largest absolute Gasteiger partial charge is 0.347 e. The van der Waals surface area contributed by atoms with E-state index in [-0.39, 0.29) is 4.90 Å². The molecule has 6 nitrogen and oxygen atoms in total. The molecule has 0 aliphatic rings. The molecule has 0 aromatic heterocycles. The van der Waals surface area contributed by atoms with Gasteiger partial charge in [0.1, 0.15) is 0 Å². The van der Waals surface area contributed by atoms with Crippen LogP contribution in [0.15, 0.2) is 35.2 Å². The SMILES string of the molecule is CC(C)OC(OC(C)C)(OS(=O)(=O)c1ccccc1)[PH2]=O. The van der Waals surface area contributed by atoms with Crippen LogP contribution in [0.3, 0.4) is 0 Å². The summed E-state index contributed by atoms with van der Waals surface area (Å²) in [6, 6.07) is 7.57. The van der Waals surface area contributed by atoms with Crippen molar-refractivity contribution in [1.29, 1.82) is 0 Å². The molecule has 0 aliphatic heterocycles. The minimum Gasteiger partial charge on any atom is -0.321 e. The molecular weight excluding hydrogens is 315 g/mol. The fourth-order valence-corrected chi connectivity index (χ4v) is 3.75. The molecule has 0 N–H and O–H groups in total. The molecule has 0 fully saturated rings. The van der Waals surface area contributed by atoms with Crippen molar-refractivity contribution in [1.82, 2.24) is 0 Å². The lowest BCUT2D eigenvalue weighted by Gasteiger charge is -2.31. The molecular formula is C13H21O6PS. The summed E-state index contributed by atoms with van der Waals surface area (Å²) in [5.74, 6) is 0. The maximum Gasteiger partial charge on any atom is 0.347 e. The number of hydrogen-bond acceptors (Lipinski definition) is 6. The van der Waals surface area contributed by atoms with Crippen molar-refractivity contribution in [3.05, 3.63) is 30.3 Å². The van der Waals surface area contributed by atoms with Crippen LogP contribution in [0.4, 0.5) is 0 Å². The predicted octanol–water partition coefficient (Wildman–Crippen LogP) is 2.61. The Labute approximate surface area is 126 Å². The third-order valence-corrected chi connectivity index (χ3v) is 4.35. The average molecular weight is 336 g/mol. The summed E-state index contributed by atoms with van der Waals surface area (Å²) in [5, 5.41) is 0. The quantitative estimate of drug-likeness (QED) is 0.412. The van der Waals surface area contributed by atoms with Crippen molar-refractivity contribution in [3.8, 4) is 0 Å². The second-order valence-electron chi connectivity index (χ2n) is 4.91. The monoisotopic (exact) mass is 336 g/mol. The highest BCUT2D eigenvalue weighted by Crippen LogP contribution is 2.34. The van der Waals surface area contributed by atoms with Crippen LogP contribution in [-0.4, -0.2) is 26.3 Å². The van der Waals surface area contributed by atoms with Gasteiger partial charge in [0.05, 0.1) is 17.1 Å². The minimum atomic E-state index is -4.15. The van der Waals surface area contributed by atoms with E-state index in [0.717, 1.165) is 0 Å². The zero-order valence-electron chi connectivity index (χ0n) is 12.5. The van der Waals surface area contributed by atoms with Gasteiger partial charge in [-0.25, -0.2) is 0 Å². The zero-order chi connectivity index (χ0) is 16.1. The summed E-state index contributed by atoms with van der Waals surface area (Å²) in [6.07, 6.45) is -0.840. The molecule has 0 bridgehead atoms. The number of ether oxygens (including phenoxy) is 2. The lowest BCUT2D eigenvalue weighted by Crippen LogP contribution is -2.39. The highest BCUT2D eigenvalue weighted by atomic mass is 32.2. The molecule has 0 heterocycles. The Morgan fingerprint density at radius 3 is 1.86 bits per heavy atom.